The minimum atomic E-state index is 0.645. The van der Waals surface area contributed by atoms with Crippen LogP contribution in [0.5, 0.6) is 0 Å². The Morgan fingerprint density at radius 1 is 1.17 bits per heavy atom. The van der Waals surface area contributed by atoms with Crippen molar-refractivity contribution < 1.29 is 0 Å². The maximum atomic E-state index is 3.68. The van der Waals surface area contributed by atoms with E-state index in [2.05, 4.69) is 42.6 Å². The summed E-state index contributed by atoms with van der Waals surface area (Å²) in [7, 11) is 0. The predicted octanol–water partition coefficient (Wildman–Crippen LogP) is 4.18. The van der Waals surface area contributed by atoms with Gasteiger partial charge >= 0.3 is 0 Å². The zero-order valence-corrected chi connectivity index (χ0v) is 11.7. The van der Waals surface area contributed by atoms with Crippen molar-refractivity contribution in [2.24, 2.45) is 5.92 Å². The quantitative estimate of drug-likeness (QED) is 0.760. The van der Waals surface area contributed by atoms with Crippen LogP contribution in [0.3, 0.4) is 0 Å². The van der Waals surface area contributed by atoms with Gasteiger partial charge in [-0.1, -0.05) is 56.0 Å². The van der Waals surface area contributed by atoms with Crippen molar-refractivity contribution in [1.29, 1.82) is 0 Å². The molecule has 2 rings (SSSR count). The van der Waals surface area contributed by atoms with Gasteiger partial charge in [-0.2, -0.15) is 0 Å². The van der Waals surface area contributed by atoms with E-state index in [-0.39, 0.29) is 0 Å². The minimum absolute atomic E-state index is 0.645. The average Bonchev–Trinajstić information content (AvgIpc) is 2.91. The van der Waals surface area contributed by atoms with E-state index in [1.165, 1.54) is 57.1 Å². The lowest BCUT2D eigenvalue weighted by molar-refractivity contribution is 0.439. The van der Waals surface area contributed by atoms with Crippen LogP contribution in [0.25, 0.3) is 0 Å². The highest BCUT2D eigenvalue weighted by Crippen LogP contribution is 2.26. The van der Waals surface area contributed by atoms with Crippen molar-refractivity contribution in [3.63, 3.8) is 0 Å². The molecule has 1 aromatic carbocycles. The number of rotatable bonds is 7. The van der Waals surface area contributed by atoms with Crippen LogP contribution in [0.2, 0.25) is 0 Å². The van der Waals surface area contributed by atoms with Gasteiger partial charge in [0.1, 0.15) is 0 Å². The molecule has 0 aromatic heterocycles. The van der Waals surface area contributed by atoms with Crippen molar-refractivity contribution in [2.45, 2.75) is 57.9 Å². The van der Waals surface area contributed by atoms with Crippen molar-refractivity contribution in [3.05, 3.63) is 35.9 Å². The summed E-state index contributed by atoms with van der Waals surface area (Å²) >= 11 is 0. The zero-order chi connectivity index (χ0) is 12.6. The lowest BCUT2D eigenvalue weighted by Gasteiger charge is -2.15. The van der Waals surface area contributed by atoms with Gasteiger partial charge in [0, 0.05) is 6.04 Å². The molecule has 1 aliphatic carbocycles. The van der Waals surface area contributed by atoms with Crippen LogP contribution in [0, 0.1) is 5.92 Å². The molecule has 18 heavy (non-hydrogen) atoms. The molecule has 0 aliphatic heterocycles. The zero-order valence-electron chi connectivity index (χ0n) is 11.7. The Kier molecular flexibility index (Phi) is 5.73. The second-order valence-electron chi connectivity index (χ2n) is 5.82. The largest absolute Gasteiger partial charge is 0.314 e. The molecule has 1 saturated carbocycles. The van der Waals surface area contributed by atoms with Gasteiger partial charge in [0.15, 0.2) is 0 Å². The highest BCUT2D eigenvalue weighted by Gasteiger charge is 2.14. The first kappa shape index (κ1) is 13.6. The molecule has 0 heterocycles. The van der Waals surface area contributed by atoms with Crippen molar-refractivity contribution in [3.8, 4) is 0 Å². The van der Waals surface area contributed by atoms with E-state index in [1.54, 1.807) is 0 Å². The molecule has 1 unspecified atom stereocenters. The summed E-state index contributed by atoms with van der Waals surface area (Å²) < 4.78 is 0. The standard InChI is InChI=1S/C17H27N/c1-15(11-12-16-7-3-2-4-8-16)18-14-13-17-9-5-6-10-17/h2-4,7-8,15,17-18H,5-6,9-14H2,1H3. The van der Waals surface area contributed by atoms with Crippen LogP contribution < -0.4 is 5.32 Å². The Morgan fingerprint density at radius 3 is 2.61 bits per heavy atom. The fraction of sp³-hybridized carbons (Fsp3) is 0.647. The fourth-order valence-electron chi connectivity index (χ4n) is 2.96. The van der Waals surface area contributed by atoms with Crippen LogP contribution in [0.4, 0.5) is 0 Å². The second-order valence-corrected chi connectivity index (χ2v) is 5.82. The maximum Gasteiger partial charge on any atom is 0.00418 e. The van der Waals surface area contributed by atoms with Gasteiger partial charge in [-0.25, -0.2) is 0 Å². The summed E-state index contributed by atoms with van der Waals surface area (Å²) in [5.41, 5.74) is 1.46. The third-order valence-corrected chi connectivity index (χ3v) is 4.23. The maximum absolute atomic E-state index is 3.68. The molecular weight excluding hydrogens is 218 g/mol. The highest BCUT2D eigenvalue weighted by atomic mass is 14.9. The van der Waals surface area contributed by atoms with Gasteiger partial charge in [-0.3, -0.25) is 0 Å². The number of aryl methyl sites for hydroxylation is 1. The van der Waals surface area contributed by atoms with Gasteiger partial charge in [0.25, 0.3) is 0 Å². The molecule has 1 N–H and O–H groups in total. The summed E-state index contributed by atoms with van der Waals surface area (Å²) in [6.07, 6.45) is 9.70. The molecule has 1 atom stereocenters. The first-order valence-corrected chi connectivity index (χ1v) is 7.62. The monoisotopic (exact) mass is 245 g/mol. The van der Waals surface area contributed by atoms with Gasteiger partial charge in [0.2, 0.25) is 0 Å². The number of nitrogens with one attached hydrogen (secondary N) is 1. The minimum Gasteiger partial charge on any atom is -0.314 e. The van der Waals surface area contributed by atoms with Crippen LogP contribution in [-0.4, -0.2) is 12.6 Å². The SMILES string of the molecule is CC(CCc1ccccc1)NCCC1CCCC1. The lowest BCUT2D eigenvalue weighted by atomic mass is 10.0. The molecule has 100 valence electrons. The van der Waals surface area contributed by atoms with Crippen molar-refractivity contribution in [2.75, 3.05) is 6.54 Å². The fourth-order valence-corrected chi connectivity index (χ4v) is 2.96. The van der Waals surface area contributed by atoms with Crippen LogP contribution in [0.15, 0.2) is 30.3 Å². The van der Waals surface area contributed by atoms with Crippen LogP contribution in [-0.2, 0) is 6.42 Å². The van der Waals surface area contributed by atoms with Gasteiger partial charge in [-0.15, -0.1) is 0 Å². The summed E-state index contributed by atoms with van der Waals surface area (Å²) in [4.78, 5) is 0. The Bertz CT molecular complexity index is 314. The Balaban J connectivity index is 1.56. The van der Waals surface area contributed by atoms with Crippen molar-refractivity contribution >= 4 is 0 Å². The van der Waals surface area contributed by atoms with Gasteiger partial charge in [0.05, 0.1) is 0 Å². The van der Waals surface area contributed by atoms with Crippen LogP contribution >= 0.6 is 0 Å². The summed E-state index contributed by atoms with van der Waals surface area (Å²) in [5.74, 6) is 1.01. The molecule has 0 spiro atoms. The van der Waals surface area contributed by atoms with Crippen molar-refractivity contribution in [1.82, 2.24) is 5.32 Å². The number of hydrogen-bond donors (Lipinski definition) is 1. The summed E-state index contributed by atoms with van der Waals surface area (Å²) in [6, 6.07) is 11.5. The van der Waals surface area contributed by atoms with E-state index in [1.807, 2.05) is 0 Å². The normalized spacial score (nSPS) is 18.1. The molecule has 1 nitrogen and oxygen atoms in total. The van der Waals surface area contributed by atoms with Crippen LogP contribution in [0.1, 0.15) is 51.0 Å². The molecule has 0 saturated heterocycles. The highest BCUT2D eigenvalue weighted by molar-refractivity contribution is 5.14. The van der Waals surface area contributed by atoms with E-state index >= 15 is 0 Å². The molecular formula is C17H27N. The molecule has 1 aromatic rings. The summed E-state index contributed by atoms with van der Waals surface area (Å²) in [6.45, 7) is 3.53. The molecule has 0 radical (unpaired) electrons. The Morgan fingerprint density at radius 2 is 1.89 bits per heavy atom. The topological polar surface area (TPSA) is 12.0 Å². The number of hydrogen-bond acceptors (Lipinski definition) is 1. The van der Waals surface area contributed by atoms with E-state index < -0.39 is 0 Å². The molecule has 1 fully saturated rings. The smallest absolute Gasteiger partial charge is 0.00418 e. The Hall–Kier alpha value is -0.820. The number of benzene rings is 1. The molecule has 1 heteroatoms. The lowest BCUT2D eigenvalue weighted by Crippen LogP contribution is -2.28. The summed E-state index contributed by atoms with van der Waals surface area (Å²) in [5, 5.41) is 3.68. The first-order chi connectivity index (χ1) is 8.84. The third kappa shape index (κ3) is 4.81. The first-order valence-electron chi connectivity index (χ1n) is 7.62. The second kappa shape index (κ2) is 7.58. The predicted molar refractivity (Wildman–Crippen MR) is 78.8 cm³/mol. The van der Waals surface area contributed by atoms with E-state index in [0.717, 1.165) is 5.92 Å². The van der Waals surface area contributed by atoms with E-state index in [0.29, 0.717) is 6.04 Å². The molecule has 0 amide bonds. The Labute approximate surface area is 112 Å². The van der Waals surface area contributed by atoms with E-state index in [9.17, 15) is 0 Å². The van der Waals surface area contributed by atoms with Gasteiger partial charge < -0.3 is 5.32 Å². The van der Waals surface area contributed by atoms with E-state index in [4.69, 9.17) is 0 Å². The molecule has 1 aliphatic rings. The molecule has 0 bridgehead atoms. The average molecular weight is 245 g/mol. The van der Waals surface area contributed by atoms with Gasteiger partial charge in [-0.05, 0) is 44.2 Å². The third-order valence-electron chi connectivity index (χ3n) is 4.23.